The highest BCUT2D eigenvalue weighted by molar-refractivity contribution is 7.90. The molecule has 0 heterocycles. The third-order valence-electron chi connectivity index (χ3n) is 3.98. The standard InChI is InChI=1S/C19H24N2O3S/c1-15-4-10-18(11-5-15)25(23,24)14-16-6-8-17(9-7-16)19(22)21(3)13-12-20-2/h4-11,20H,12-14H2,1-3H3. The summed E-state index contributed by atoms with van der Waals surface area (Å²) >= 11 is 0. The first-order valence-corrected chi connectivity index (χ1v) is 9.77. The summed E-state index contributed by atoms with van der Waals surface area (Å²) in [5.74, 6) is -0.164. The van der Waals surface area contributed by atoms with Crippen LogP contribution in [0, 0.1) is 6.92 Å². The molecule has 0 radical (unpaired) electrons. The second kappa shape index (κ2) is 8.27. The lowest BCUT2D eigenvalue weighted by atomic mass is 10.1. The van der Waals surface area contributed by atoms with E-state index in [2.05, 4.69) is 5.32 Å². The molecule has 6 heteroatoms. The van der Waals surface area contributed by atoms with Gasteiger partial charge in [0.05, 0.1) is 10.6 Å². The van der Waals surface area contributed by atoms with Crippen LogP contribution in [0.4, 0.5) is 0 Å². The number of benzene rings is 2. The Morgan fingerprint density at radius 3 is 2.20 bits per heavy atom. The molecule has 0 saturated heterocycles. The lowest BCUT2D eigenvalue weighted by Crippen LogP contribution is -2.32. The van der Waals surface area contributed by atoms with Crippen LogP contribution in [0.15, 0.2) is 53.4 Å². The predicted molar refractivity (Wildman–Crippen MR) is 99.4 cm³/mol. The molecule has 5 nitrogen and oxygen atoms in total. The lowest BCUT2D eigenvalue weighted by molar-refractivity contribution is 0.0797. The number of hydrogen-bond donors (Lipinski definition) is 1. The normalized spacial score (nSPS) is 11.3. The Balaban J connectivity index is 2.09. The van der Waals surface area contributed by atoms with Crippen LogP contribution >= 0.6 is 0 Å². The first kappa shape index (κ1) is 19.1. The van der Waals surface area contributed by atoms with E-state index in [1.165, 1.54) is 0 Å². The minimum absolute atomic E-state index is 0.0804. The number of sulfone groups is 1. The zero-order valence-corrected chi connectivity index (χ0v) is 15.6. The highest BCUT2D eigenvalue weighted by Crippen LogP contribution is 2.18. The Labute approximate surface area is 149 Å². The summed E-state index contributed by atoms with van der Waals surface area (Å²) in [5.41, 5.74) is 2.23. The van der Waals surface area contributed by atoms with Crippen molar-refractivity contribution in [1.82, 2.24) is 10.2 Å². The molecule has 0 unspecified atom stereocenters. The average Bonchev–Trinajstić information content (AvgIpc) is 2.59. The summed E-state index contributed by atoms with van der Waals surface area (Å²) in [6.07, 6.45) is 0. The number of rotatable bonds is 7. The number of carbonyl (C=O) groups is 1. The topological polar surface area (TPSA) is 66.5 Å². The van der Waals surface area contributed by atoms with Crippen molar-refractivity contribution in [2.45, 2.75) is 17.6 Å². The molecule has 0 saturated carbocycles. The summed E-state index contributed by atoms with van der Waals surface area (Å²) in [5, 5.41) is 3.00. The van der Waals surface area contributed by atoms with Crippen molar-refractivity contribution >= 4 is 15.7 Å². The van der Waals surface area contributed by atoms with Crippen LogP contribution in [0.1, 0.15) is 21.5 Å². The van der Waals surface area contributed by atoms with Crippen molar-refractivity contribution in [3.8, 4) is 0 Å². The fourth-order valence-corrected chi connectivity index (χ4v) is 3.74. The van der Waals surface area contributed by atoms with Gasteiger partial charge in [0.25, 0.3) is 5.91 Å². The van der Waals surface area contributed by atoms with Gasteiger partial charge in [0, 0.05) is 25.7 Å². The minimum Gasteiger partial charge on any atom is -0.340 e. The molecule has 0 aromatic heterocycles. The van der Waals surface area contributed by atoms with E-state index in [1.807, 2.05) is 14.0 Å². The quantitative estimate of drug-likeness (QED) is 0.822. The Morgan fingerprint density at radius 1 is 1.04 bits per heavy atom. The van der Waals surface area contributed by atoms with Crippen LogP contribution < -0.4 is 5.32 Å². The molecule has 2 aromatic rings. The van der Waals surface area contributed by atoms with Crippen LogP contribution in [0.2, 0.25) is 0 Å². The van der Waals surface area contributed by atoms with Gasteiger partial charge in [-0.15, -0.1) is 0 Å². The Morgan fingerprint density at radius 2 is 1.64 bits per heavy atom. The van der Waals surface area contributed by atoms with Crippen LogP contribution in [0.3, 0.4) is 0 Å². The monoisotopic (exact) mass is 360 g/mol. The van der Waals surface area contributed by atoms with Gasteiger partial charge in [0.1, 0.15) is 0 Å². The highest BCUT2D eigenvalue weighted by Gasteiger charge is 2.16. The fourth-order valence-electron chi connectivity index (χ4n) is 2.39. The third-order valence-corrected chi connectivity index (χ3v) is 5.69. The molecule has 0 aliphatic heterocycles. The van der Waals surface area contributed by atoms with Crippen molar-refractivity contribution in [1.29, 1.82) is 0 Å². The number of carbonyl (C=O) groups excluding carboxylic acids is 1. The molecular weight excluding hydrogens is 336 g/mol. The van der Waals surface area contributed by atoms with E-state index < -0.39 is 9.84 Å². The summed E-state index contributed by atoms with van der Waals surface area (Å²) in [6.45, 7) is 3.24. The Hall–Kier alpha value is -2.18. The molecule has 0 spiro atoms. The Bertz CT molecular complexity index is 813. The second-order valence-electron chi connectivity index (χ2n) is 6.10. The molecule has 1 N–H and O–H groups in total. The number of aryl methyl sites for hydroxylation is 1. The van der Waals surface area contributed by atoms with Crippen LogP contribution in [0.25, 0.3) is 0 Å². The van der Waals surface area contributed by atoms with Gasteiger partial charge in [-0.05, 0) is 43.8 Å². The van der Waals surface area contributed by atoms with E-state index in [1.54, 1.807) is 60.5 Å². The van der Waals surface area contributed by atoms with Gasteiger partial charge in [-0.25, -0.2) is 8.42 Å². The average molecular weight is 360 g/mol. The van der Waals surface area contributed by atoms with E-state index in [0.717, 1.165) is 12.1 Å². The number of likely N-dealkylation sites (N-methyl/N-ethyl adjacent to an activating group) is 2. The maximum Gasteiger partial charge on any atom is 0.253 e. The van der Waals surface area contributed by atoms with E-state index in [0.29, 0.717) is 22.6 Å². The molecule has 0 aliphatic rings. The smallest absolute Gasteiger partial charge is 0.253 e. The molecule has 134 valence electrons. The number of amides is 1. The second-order valence-corrected chi connectivity index (χ2v) is 8.09. The SMILES string of the molecule is CNCCN(C)C(=O)c1ccc(CS(=O)(=O)c2ccc(C)cc2)cc1. The molecule has 0 bridgehead atoms. The summed E-state index contributed by atoms with van der Waals surface area (Å²) < 4.78 is 25.0. The zero-order chi connectivity index (χ0) is 18.4. The van der Waals surface area contributed by atoms with Gasteiger partial charge in [0.2, 0.25) is 0 Å². The first-order chi connectivity index (χ1) is 11.8. The van der Waals surface area contributed by atoms with Crippen molar-refractivity contribution in [3.05, 3.63) is 65.2 Å². The first-order valence-electron chi connectivity index (χ1n) is 8.12. The molecule has 2 rings (SSSR count). The Kier molecular flexibility index (Phi) is 6.33. The summed E-state index contributed by atoms with van der Waals surface area (Å²) in [6, 6.07) is 13.6. The van der Waals surface area contributed by atoms with Gasteiger partial charge in [-0.3, -0.25) is 4.79 Å². The maximum atomic E-state index is 12.5. The molecule has 0 atom stereocenters. The largest absolute Gasteiger partial charge is 0.340 e. The zero-order valence-electron chi connectivity index (χ0n) is 14.8. The molecule has 0 fully saturated rings. The fraction of sp³-hybridized carbons (Fsp3) is 0.316. The predicted octanol–water partition coefficient (Wildman–Crippen LogP) is 2.26. The molecule has 1 amide bonds. The van der Waals surface area contributed by atoms with Gasteiger partial charge in [0.15, 0.2) is 9.84 Å². The molecule has 25 heavy (non-hydrogen) atoms. The number of nitrogens with zero attached hydrogens (tertiary/aromatic N) is 1. The van der Waals surface area contributed by atoms with Crippen LogP contribution in [-0.2, 0) is 15.6 Å². The number of hydrogen-bond acceptors (Lipinski definition) is 4. The third kappa shape index (κ3) is 5.14. The highest BCUT2D eigenvalue weighted by atomic mass is 32.2. The van der Waals surface area contributed by atoms with Crippen molar-refractivity contribution in [2.24, 2.45) is 0 Å². The minimum atomic E-state index is -3.40. The number of nitrogens with one attached hydrogen (secondary N) is 1. The lowest BCUT2D eigenvalue weighted by Gasteiger charge is -2.17. The van der Waals surface area contributed by atoms with Crippen LogP contribution in [0.5, 0.6) is 0 Å². The van der Waals surface area contributed by atoms with Gasteiger partial charge in [-0.2, -0.15) is 0 Å². The molecule has 2 aromatic carbocycles. The summed E-state index contributed by atoms with van der Waals surface area (Å²) in [4.78, 5) is 14.2. The molecular formula is C19H24N2O3S. The van der Waals surface area contributed by atoms with Crippen molar-refractivity contribution in [2.75, 3.05) is 27.2 Å². The van der Waals surface area contributed by atoms with Crippen molar-refractivity contribution < 1.29 is 13.2 Å². The molecule has 0 aliphatic carbocycles. The maximum absolute atomic E-state index is 12.5. The van der Waals surface area contributed by atoms with E-state index >= 15 is 0 Å². The van der Waals surface area contributed by atoms with Gasteiger partial charge < -0.3 is 10.2 Å². The van der Waals surface area contributed by atoms with Gasteiger partial charge >= 0.3 is 0 Å². The van der Waals surface area contributed by atoms with E-state index in [-0.39, 0.29) is 11.7 Å². The van der Waals surface area contributed by atoms with Crippen molar-refractivity contribution in [3.63, 3.8) is 0 Å². The van der Waals surface area contributed by atoms with Gasteiger partial charge in [-0.1, -0.05) is 29.8 Å². The summed E-state index contributed by atoms with van der Waals surface area (Å²) in [7, 11) is 0.185. The van der Waals surface area contributed by atoms with E-state index in [4.69, 9.17) is 0 Å². The van der Waals surface area contributed by atoms with E-state index in [9.17, 15) is 13.2 Å². The van der Waals surface area contributed by atoms with Crippen LogP contribution in [-0.4, -0.2) is 46.4 Å².